The summed E-state index contributed by atoms with van der Waals surface area (Å²) in [6, 6.07) is 20.3. The SMILES string of the molecule is N#Cc1sc(=S)n(CCc2ccccc2)c1N=Cc1ccc(Br)cc1. The van der Waals surface area contributed by atoms with E-state index < -0.39 is 0 Å². The molecule has 3 nitrogen and oxygen atoms in total. The third-order valence-electron chi connectivity index (χ3n) is 3.64. The van der Waals surface area contributed by atoms with E-state index in [-0.39, 0.29) is 0 Å². The Morgan fingerprint density at radius 3 is 2.56 bits per heavy atom. The zero-order valence-electron chi connectivity index (χ0n) is 13.2. The summed E-state index contributed by atoms with van der Waals surface area (Å²) in [4.78, 5) is 5.10. The molecule has 0 fully saturated rings. The third kappa shape index (κ3) is 4.51. The molecule has 0 spiro atoms. The fourth-order valence-electron chi connectivity index (χ4n) is 2.37. The van der Waals surface area contributed by atoms with Crippen LogP contribution in [0.1, 0.15) is 16.0 Å². The quantitative estimate of drug-likeness (QED) is 0.375. The Morgan fingerprint density at radius 2 is 1.88 bits per heavy atom. The smallest absolute Gasteiger partial charge is 0.164 e. The van der Waals surface area contributed by atoms with Crippen LogP contribution in [0.3, 0.4) is 0 Å². The molecule has 1 aromatic heterocycles. The van der Waals surface area contributed by atoms with Gasteiger partial charge in [-0.25, -0.2) is 4.99 Å². The fraction of sp³-hybridized carbons (Fsp3) is 0.105. The van der Waals surface area contributed by atoms with Crippen LogP contribution in [-0.2, 0) is 13.0 Å². The highest BCUT2D eigenvalue weighted by atomic mass is 79.9. The number of hydrogen-bond donors (Lipinski definition) is 0. The lowest BCUT2D eigenvalue weighted by Crippen LogP contribution is -2.01. The van der Waals surface area contributed by atoms with Gasteiger partial charge in [-0.1, -0.05) is 69.7 Å². The van der Waals surface area contributed by atoms with E-state index in [4.69, 9.17) is 12.2 Å². The number of halogens is 1. The van der Waals surface area contributed by atoms with E-state index in [0.29, 0.717) is 21.2 Å². The topological polar surface area (TPSA) is 41.1 Å². The molecule has 0 aliphatic carbocycles. The number of benzene rings is 2. The molecule has 0 N–H and O–H groups in total. The van der Waals surface area contributed by atoms with Crippen molar-refractivity contribution in [2.24, 2.45) is 4.99 Å². The van der Waals surface area contributed by atoms with Crippen molar-refractivity contribution in [3.05, 3.63) is 79.0 Å². The van der Waals surface area contributed by atoms with E-state index in [0.717, 1.165) is 16.5 Å². The van der Waals surface area contributed by atoms with E-state index in [1.54, 1.807) is 6.21 Å². The van der Waals surface area contributed by atoms with E-state index >= 15 is 0 Å². The van der Waals surface area contributed by atoms with Crippen molar-refractivity contribution in [2.45, 2.75) is 13.0 Å². The Bertz CT molecular complexity index is 980. The molecule has 0 saturated heterocycles. The van der Waals surface area contributed by atoms with Crippen molar-refractivity contribution >= 4 is 51.5 Å². The Balaban J connectivity index is 1.88. The van der Waals surface area contributed by atoms with Crippen LogP contribution in [-0.4, -0.2) is 10.8 Å². The van der Waals surface area contributed by atoms with Gasteiger partial charge in [0.05, 0.1) is 0 Å². The predicted molar refractivity (Wildman–Crippen MR) is 109 cm³/mol. The lowest BCUT2D eigenvalue weighted by molar-refractivity contribution is 0.700. The summed E-state index contributed by atoms with van der Waals surface area (Å²) in [6.07, 6.45) is 2.61. The molecule has 0 radical (unpaired) electrons. The van der Waals surface area contributed by atoms with Gasteiger partial charge in [0.1, 0.15) is 6.07 Å². The summed E-state index contributed by atoms with van der Waals surface area (Å²) >= 11 is 10.2. The second-order valence-electron chi connectivity index (χ2n) is 5.33. The molecule has 0 amide bonds. The molecule has 3 aromatic rings. The van der Waals surface area contributed by atoms with E-state index in [9.17, 15) is 5.26 Å². The number of aromatic nitrogens is 1. The molecule has 0 unspecified atom stereocenters. The van der Waals surface area contributed by atoms with Crippen molar-refractivity contribution in [3.63, 3.8) is 0 Å². The lowest BCUT2D eigenvalue weighted by atomic mass is 10.1. The van der Waals surface area contributed by atoms with Gasteiger partial charge in [0.2, 0.25) is 0 Å². The number of rotatable bonds is 5. The number of thiazole rings is 1. The number of aryl methyl sites for hydroxylation is 1. The maximum absolute atomic E-state index is 9.40. The number of nitrogens with zero attached hydrogens (tertiary/aromatic N) is 3. The van der Waals surface area contributed by atoms with Gasteiger partial charge in [-0.2, -0.15) is 5.26 Å². The first kappa shape index (κ1) is 17.7. The highest BCUT2D eigenvalue weighted by molar-refractivity contribution is 9.10. The standard InChI is InChI=1S/C19H14BrN3S2/c20-16-8-6-15(7-9-16)13-22-18-17(12-21)25-19(24)23(18)11-10-14-4-2-1-3-5-14/h1-9,13H,10-11H2. The summed E-state index contributed by atoms with van der Waals surface area (Å²) < 4.78 is 3.64. The summed E-state index contributed by atoms with van der Waals surface area (Å²) in [5, 5.41) is 9.40. The normalized spacial score (nSPS) is 10.9. The molecule has 25 heavy (non-hydrogen) atoms. The van der Waals surface area contributed by atoms with Gasteiger partial charge in [-0.3, -0.25) is 0 Å². The molecule has 2 aromatic carbocycles. The summed E-state index contributed by atoms with van der Waals surface area (Å²) in [5.74, 6) is 0.636. The molecule has 0 saturated carbocycles. The number of hydrogen-bond acceptors (Lipinski definition) is 4. The van der Waals surface area contributed by atoms with Gasteiger partial charge in [0.25, 0.3) is 0 Å². The van der Waals surface area contributed by atoms with Crippen molar-refractivity contribution in [3.8, 4) is 6.07 Å². The first-order chi connectivity index (χ1) is 12.2. The van der Waals surface area contributed by atoms with Crippen molar-refractivity contribution < 1.29 is 0 Å². The predicted octanol–water partition coefficient (Wildman–Crippen LogP) is 5.91. The molecule has 3 rings (SSSR count). The average molecular weight is 428 g/mol. The van der Waals surface area contributed by atoms with Gasteiger partial charge in [-0.05, 0) is 41.9 Å². The van der Waals surface area contributed by atoms with Crippen molar-refractivity contribution in [1.29, 1.82) is 5.26 Å². The van der Waals surface area contributed by atoms with Gasteiger partial charge >= 0.3 is 0 Å². The Morgan fingerprint density at radius 1 is 1.16 bits per heavy atom. The number of nitriles is 1. The highest BCUT2D eigenvalue weighted by Crippen LogP contribution is 2.27. The average Bonchev–Trinajstić information content (AvgIpc) is 2.95. The molecular formula is C19H14BrN3S2. The minimum atomic E-state index is 0.548. The molecule has 0 bridgehead atoms. The van der Waals surface area contributed by atoms with Crippen molar-refractivity contribution in [2.75, 3.05) is 0 Å². The maximum atomic E-state index is 9.40. The maximum Gasteiger partial charge on any atom is 0.164 e. The van der Waals surface area contributed by atoms with Crippen LogP contribution in [0.4, 0.5) is 5.82 Å². The van der Waals surface area contributed by atoms with Gasteiger partial charge < -0.3 is 4.57 Å². The highest BCUT2D eigenvalue weighted by Gasteiger charge is 2.11. The minimum Gasteiger partial charge on any atom is -0.307 e. The summed E-state index contributed by atoms with van der Waals surface area (Å²) in [7, 11) is 0. The molecular weight excluding hydrogens is 414 g/mol. The summed E-state index contributed by atoms with van der Waals surface area (Å²) in [6.45, 7) is 0.702. The minimum absolute atomic E-state index is 0.548. The van der Waals surface area contributed by atoms with Crippen molar-refractivity contribution in [1.82, 2.24) is 4.57 Å². The van der Waals surface area contributed by atoms with Crippen LogP contribution < -0.4 is 0 Å². The molecule has 0 aliphatic rings. The number of aliphatic imine (C=N–C) groups is 1. The van der Waals surface area contributed by atoms with Crippen LogP contribution in [0, 0.1) is 15.3 Å². The van der Waals surface area contributed by atoms with Crippen LogP contribution in [0.2, 0.25) is 0 Å². The second kappa shape index (κ2) is 8.34. The Kier molecular flexibility index (Phi) is 5.92. The van der Waals surface area contributed by atoms with Crippen LogP contribution in [0.15, 0.2) is 64.1 Å². The first-order valence-electron chi connectivity index (χ1n) is 7.64. The second-order valence-corrected chi connectivity index (χ2v) is 7.89. The van der Waals surface area contributed by atoms with E-state index in [1.807, 2.05) is 47.0 Å². The molecule has 124 valence electrons. The first-order valence-corrected chi connectivity index (χ1v) is 9.66. The van der Waals surface area contributed by atoms with Crippen LogP contribution >= 0.6 is 39.5 Å². The monoisotopic (exact) mass is 427 g/mol. The van der Waals surface area contributed by atoms with Gasteiger partial charge in [0, 0.05) is 17.2 Å². The Hall–Kier alpha value is -2.07. The zero-order chi connectivity index (χ0) is 17.6. The van der Waals surface area contributed by atoms with Crippen LogP contribution in [0.5, 0.6) is 0 Å². The van der Waals surface area contributed by atoms with E-state index in [1.165, 1.54) is 16.9 Å². The fourth-order valence-corrected chi connectivity index (χ4v) is 3.82. The summed E-state index contributed by atoms with van der Waals surface area (Å²) in [5.41, 5.74) is 2.20. The van der Waals surface area contributed by atoms with Crippen LogP contribution in [0.25, 0.3) is 0 Å². The molecule has 0 aliphatic heterocycles. The van der Waals surface area contributed by atoms with E-state index in [2.05, 4.69) is 39.1 Å². The zero-order valence-corrected chi connectivity index (χ0v) is 16.4. The molecule has 0 atom stereocenters. The Labute approximate surface area is 164 Å². The third-order valence-corrected chi connectivity index (χ3v) is 5.51. The van der Waals surface area contributed by atoms with Gasteiger partial charge in [-0.15, -0.1) is 0 Å². The largest absolute Gasteiger partial charge is 0.307 e. The molecule has 6 heteroatoms. The molecule has 1 heterocycles. The lowest BCUT2D eigenvalue weighted by Gasteiger charge is -2.06. The van der Waals surface area contributed by atoms with Gasteiger partial charge in [0.15, 0.2) is 14.6 Å².